The fraction of sp³-hybridized carbons (Fsp3) is 0.538. The first-order valence-corrected chi connectivity index (χ1v) is 5.71. The van der Waals surface area contributed by atoms with Crippen molar-refractivity contribution in [3.05, 3.63) is 17.7 Å². The summed E-state index contributed by atoms with van der Waals surface area (Å²) < 4.78 is 16.0. The monoisotopic (exact) mass is 237 g/mol. The van der Waals surface area contributed by atoms with Crippen LogP contribution in [0.15, 0.2) is 12.1 Å². The maximum absolute atomic E-state index is 5.36. The van der Waals surface area contributed by atoms with E-state index in [1.54, 1.807) is 7.11 Å². The van der Waals surface area contributed by atoms with E-state index in [0.29, 0.717) is 0 Å². The Morgan fingerprint density at radius 1 is 1.24 bits per heavy atom. The van der Waals surface area contributed by atoms with Gasteiger partial charge in [-0.1, -0.05) is 0 Å². The Morgan fingerprint density at radius 3 is 2.47 bits per heavy atom. The minimum Gasteiger partial charge on any atom is -0.496 e. The van der Waals surface area contributed by atoms with Crippen molar-refractivity contribution < 1.29 is 14.2 Å². The molecule has 1 heterocycles. The van der Waals surface area contributed by atoms with Crippen molar-refractivity contribution in [1.29, 1.82) is 0 Å². The van der Waals surface area contributed by atoms with Gasteiger partial charge in [-0.15, -0.1) is 0 Å². The van der Waals surface area contributed by atoms with Gasteiger partial charge in [0.1, 0.15) is 5.75 Å². The van der Waals surface area contributed by atoms with Crippen LogP contribution in [0.25, 0.3) is 0 Å². The zero-order valence-electron chi connectivity index (χ0n) is 10.8. The standard InChI is InChI=1S/C13H19NO3/c1-13(2,3)14-7-9-5-11-12(17-8-16-11)6-10(9)15-4/h5-6,14H,7-8H2,1-4H3. The summed E-state index contributed by atoms with van der Waals surface area (Å²) in [6, 6.07) is 3.85. The number of hydrogen-bond acceptors (Lipinski definition) is 4. The lowest BCUT2D eigenvalue weighted by molar-refractivity contribution is 0.174. The highest BCUT2D eigenvalue weighted by atomic mass is 16.7. The molecule has 0 fully saturated rings. The molecular formula is C13H19NO3. The average molecular weight is 237 g/mol. The first kappa shape index (κ1) is 12.0. The normalized spacial score (nSPS) is 13.9. The van der Waals surface area contributed by atoms with Gasteiger partial charge in [-0.2, -0.15) is 0 Å². The van der Waals surface area contributed by atoms with Gasteiger partial charge in [0.25, 0.3) is 0 Å². The van der Waals surface area contributed by atoms with Crippen LogP contribution in [0.4, 0.5) is 0 Å². The topological polar surface area (TPSA) is 39.7 Å². The van der Waals surface area contributed by atoms with E-state index in [9.17, 15) is 0 Å². The first-order valence-electron chi connectivity index (χ1n) is 5.71. The van der Waals surface area contributed by atoms with Crippen molar-refractivity contribution in [2.75, 3.05) is 13.9 Å². The quantitative estimate of drug-likeness (QED) is 0.875. The van der Waals surface area contributed by atoms with Gasteiger partial charge in [0.05, 0.1) is 7.11 Å². The highest BCUT2D eigenvalue weighted by Crippen LogP contribution is 2.38. The van der Waals surface area contributed by atoms with Crippen LogP contribution < -0.4 is 19.5 Å². The predicted molar refractivity (Wildman–Crippen MR) is 65.7 cm³/mol. The number of fused-ring (bicyclic) bond motifs is 1. The molecule has 4 nitrogen and oxygen atoms in total. The van der Waals surface area contributed by atoms with Gasteiger partial charge in [0, 0.05) is 23.7 Å². The second kappa shape index (κ2) is 4.45. The molecule has 1 aromatic carbocycles. The molecule has 17 heavy (non-hydrogen) atoms. The fourth-order valence-corrected chi connectivity index (χ4v) is 1.65. The lowest BCUT2D eigenvalue weighted by Crippen LogP contribution is -2.35. The molecule has 1 aromatic rings. The van der Waals surface area contributed by atoms with E-state index in [0.717, 1.165) is 29.4 Å². The maximum Gasteiger partial charge on any atom is 0.231 e. The summed E-state index contributed by atoms with van der Waals surface area (Å²) in [5, 5.41) is 3.43. The highest BCUT2D eigenvalue weighted by molar-refractivity contribution is 5.51. The largest absolute Gasteiger partial charge is 0.496 e. The molecule has 4 heteroatoms. The van der Waals surface area contributed by atoms with Crippen LogP contribution in [0.3, 0.4) is 0 Å². The lowest BCUT2D eigenvalue weighted by atomic mass is 10.1. The van der Waals surface area contributed by atoms with E-state index < -0.39 is 0 Å². The molecule has 0 saturated heterocycles. The minimum atomic E-state index is 0.0708. The van der Waals surface area contributed by atoms with E-state index >= 15 is 0 Å². The van der Waals surface area contributed by atoms with Crippen molar-refractivity contribution >= 4 is 0 Å². The number of nitrogens with one attached hydrogen (secondary N) is 1. The Hall–Kier alpha value is -1.42. The molecule has 1 aliphatic rings. The van der Waals surface area contributed by atoms with E-state index in [1.807, 2.05) is 12.1 Å². The molecule has 0 spiro atoms. The van der Waals surface area contributed by atoms with E-state index in [1.165, 1.54) is 0 Å². The van der Waals surface area contributed by atoms with E-state index in [2.05, 4.69) is 26.1 Å². The minimum absolute atomic E-state index is 0.0708. The molecule has 94 valence electrons. The van der Waals surface area contributed by atoms with Crippen LogP contribution >= 0.6 is 0 Å². The van der Waals surface area contributed by atoms with Crippen molar-refractivity contribution in [2.24, 2.45) is 0 Å². The Labute approximate surface area is 102 Å². The van der Waals surface area contributed by atoms with E-state index in [4.69, 9.17) is 14.2 Å². The van der Waals surface area contributed by atoms with Gasteiger partial charge < -0.3 is 19.5 Å². The lowest BCUT2D eigenvalue weighted by Gasteiger charge is -2.21. The van der Waals surface area contributed by atoms with Gasteiger partial charge >= 0.3 is 0 Å². The zero-order valence-corrected chi connectivity index (χ0v) is 10.8. The summed E-state index contributed by atoms with van der Waals surface area (Å²) in [7, 11) is 1.66. The SMILES string of the molecule is COc1cc2c(cc1CNC(C)(C)C)OCO2. The second-order valence-electron chi connectivity index (χ2n) is 5.12. The zero-order chi connectivity index (χ0) is 12.5. The number of rotatable bonds is 3. The van der Waals surface area contributed by atoms with Crippen LogP contribution in [0.5, 0.6) is 17.2 Å². The molecule has 0 aliphatic carbocycles. The van der Waals surface area contributed by atoms with Crippen LogP contribution in [-0.4, -0.2) is 19.4 Å². The Kier molecular flexibility index (Phi) is 3.15. The number of hydrogen-bond donors (Lipinski definition) is 1. The van der Waals surface area contributed by atoms with E-state index in [-0.39, 0.29) is 12.3 Å². The molecular weight excluding hydrogens is 218 g/mol. The Balaban J connectivity index is 2.21. The average Bonchev–Trinajstić information content (AvgIpc) is 2.70. The van der Waals surface area contributed by atoms with Crippen LogP contribution in [0.2, 0.25) is 0 Å². The number of methoxy groups -OCH3 is 1. The van der Waals surface area contributed by atoms with Crippen molar-refractivity contribution in [1.82, 2.24) is 5.32 Å². The Bertz CT molecular complexity index is 410. The highest BCUT2D eigenvalue weighted by Gasteiger charge is 2.18. The molecule has 2 rings (SSSR count). The third kappa shape index (κ3) is 2.82. The molecule has 0 bridgehead atoms. The Morgan fingerprint density at radius 2 is 1.88 bits per heavy atom. The summed E-state index contributed by atoms with van der Waals surface area (Å²) >= 11 is 0. The van der Waals surface area contributed by atoms with Gasteiger partial charge in [-0.05, 0) is 26.8 Å². The maximum atomic E-state index is 5.36. The fourth-order valence-electron chi connectivity index (χ4n) is 1.65. The molecule has 0 amide bonds. The third-order valence-electron chi connectivity index (χ3n) is 2.58. The molecule has 1 aliphatic heterocycles. The third-order valence-corrected chi connectivity index (χ3v) is 2.58. The smallest absolute Gasteiger partial charge is 0.231 e. The molecule has 1 N–H and O–H groups in total. The van der Waals surface area contributed by atoms with Gasteiger partial charge in [-0.3, -0.25) is 0 Å². The summed E-state index contributed by atoms with van der Waals surface area (Å²) in [6.45, 7) is 7.42. The van der Waals surface area contributed by atoms with Crippen LogP contribution in [0.1, 0.15) is 26.3 Å². The molecule has 0 unspecified atom stereocenters. The number of ether oxygens (including phenoxy) is 3. The molecule has 0 radical (unpaired) electrons. The van der Waals surface area contributed by atoms with Gasteiger partial charge in [-0.25, -0.2) is 0 Å². The summed E-state index contributed by atoms with van der Waals surface area (Å²) in [5.41, 5.74) is 1.15. The second-order valence-corrected chi connectivity index (χ2v) is 5.12. The molecule has 0 aromatic heterocycles. The summed E-state index contributed by atoms with van der Waals surface area (Å²) in [4.78, 5) is 0. The van der Waals surface area contributed by atoms with Gasteiger partial charge in [0.15, 0.2) is 11.5 Å². The molecule has 0 atom stereocenters. The van der Waals surface area contributed by atoms with Crippen LogP contribution in [0, 0.1) is 0 Å². The van der Waals surface area contributed by atoms with Crippen molar-refractivity contribution in [3.8, 4) is 17.2 Å². The van der Waals surface area contributed by atoms with Crippen molar-refractivity contribution in [3.63, 3.8) is 0 Å². The van der Waals surface area contributed by atoms with Gasteiger partial charge in [0.2, 0.25) is 6.79 Å². The first-order chi connectivity index (χ1) is 7.99. The van der Waals surface area contributed by atoms with Crippen LogP contribution in [-0.2, 0) is 6.54 Å². The predicted octanol–water partition coefficient (Wildman–Crippen LogP) is 2.31. The van der Waals surface area contributed by atoms with Crippen molar-refractivity contribution in [2.45, 2.75) is 32.9 Å². The number of benzene rings is 1. The molecule has 0 saturated carbocycles. The summed E-state index contributed by atoms with van der Waals surface area (Å²) in [5.74, 6) is 2.36. The summed E-state index contributed by atoms with van der Waals surface area (Å²) in [6.07, 6.45) is 0.